The molecule has 0 atom stereocenters. The van der Waals surface area contributed by atoms with E-state index in [1.54, 1.807) is 6.08 Å². The fraction of sp³-hybridized carbons (Fsp3) is 0.500. The smallest absolute Gasteiger partial charge is 0.390 e. The molecule has 0 fully saturated rings. The zero-order valence-corrected chi connectivity index (χ0v) is 12.7. The third kappa shape index (κ3) is 4.40. The molecule has 0 saturated heterocycles. The van der Waals surface area contributed by atoms with Crippen molar-refractivity contribution in [2.45, 2.75) is 33.6 Å². The summed E-state index contributed by atoms with van der Waals surface area (Å²) in [5.41, 5.74) is 1.72. The van der Waals surface area contributed by atoms with Crippen LogP contribution in [0.5, 0.6) is 0 Å². The lowest BCUT2D eigenvalue weighted by Crippen LogP contribution is -2.39. The van der Waals surface area contributed by atoms with Crippen LogP contribution in [0.25, 0.3) is 0 Å². The summed E-state index contributed by atoms with van der Waals surface area (Å²) in [4.78, 5) is 14.3. The van der Waals surface area contributed by atoms with E-state index < -0.39 is 9.28 Å². The number of aliphatic imine (C=N–C) groups is 1. The molecule has 5 heteroatoms. The van der Waals surface area contributed by atoms with Crippen LogP contribution in [-0.2, 0) is 20.1 Å². The van der Waals surface area contributed by atoms with Crippen LogP contribution in [0, 0.1) is 0 Å². The van der Waals surface area contributed by atoms with Gasteiger partial charge in [0.15, 0.2) is 0 Å². The van der Waals surface area contributed by atoms with Crippen LogP contribution in [0.2, 0.25) is 0 Å². The fourth-order valence-electron chi connectivity index (χ4n) is 1.89. The second-order valence-electron chi connectivity index (χ2n) is 3.91. The second kappa shape index (κ2) is 8.77. The van der Waals surface area contributed by atoms with Crippen molar-refractivity contribution >= 4 is 26.2 Å². The Hall–Kier alpha value is -1.26. The van der Waals surface area contributed by atoms with E-state index in [4.69, 9.17) is 8.85 Å². The highest BCUT2D eigenvalue weighted by molar-refractivity contribution is 6.62. The molecule has 0 aliphatic carbocycles. The maximum atomic E-state index is 10.5. The molecule has 0 aromatic heterocycles. The summed E-state index contributed by atoms with van der Waals surface area (Å²) in [6.45, 7) is 7.23. The minimum absolute atomic E-state index is 0.612. The normalized spacial score (nSPS) is 10.5. The highest BCUT2D eigenvalue weighted by Crippen LogP contribution is 2.19. The van der Waals surface area contributed by atoms with Crippen molar-refractivity contribution in [3.05, 3.63) is 23.8 Å². The van der Waals surface area contributed by atoms with Crippen LogP contribution in [0.15, 0.2) is 23.2 Å². The van der Waals surface area contributed by atoms with Crippen LogP contribution in [0.1, 0.15) is 32.8 Å². The predicted octanol–water partition coefficient (Wildman–Crippen LogP) is 2.37. The summed E-state index contributed by atoms with van der Waals surface area (Å²) >= 11 is 0. The monoisotopic (exact) mass is 278 g/mol. The molecule has 0 heterocycles. The van der Waals surface area contributed by atoms with Crippen molar-refractivity contribution < 1.29 is 13.6 Å². The summed E-state index contributed by atoms with van der Waals surface area (Å²) < 4.78 is 11.5. The number of benzene rings is 1. The topological polar surface area (TPSA) is 47.9 Å². The van der Waals surface area contributed by atoms with Crippen LogP contribution in [-0.4, -0.2) is 28.6 Å². The van der Waals surface area contributed by atoms with Crippen molar-refractivity contribution in [3.63, 3.8) is 0 Å². The molecule has 19 heavy (non-hydrogen) atoms. The number of hydrogen-bond acceptors (Lipinski definition) is 4. The molecule has 1 rings (SSSR count). The minimum atomic E-state index is -1.51. The maximum absolute atomic E-state index is 10.5. The molecule has 4 nitrogen and oxygen atoms in total. The quantitative estimate of drug-likeness (QED) is 0.417. The summed E-state index contributed by atoms with van der Waals surface area (Å²) in [7, 11) is -1.51. The van der Waals surface area contributed by atoms with E-state index in [2.05, 4.69) is 11.9 Å². The van der Waals surface area contributed by atoms with E-state index in [1.165, 1.54) is 0 Å². The van der Waals surface area contributed by atoms with Gasteiger partial charge in [-0.05, 0) is 31.9 Å². The van der Waals surface area contributed by atoms with E-state index in [0.29, 0.717) is 18.9 Å². The van der Waals surface area contributed by atoms with Gasteiger partial charge in [0, 0.05) is 18.4 Å². The molecular weight excluding hydrogens is 258 g/mol. The van der Waals surface area contributed by atoms with E-state index in [0.717, 1.165) is 23.6 Å². The van der Waals surface area contributed by atoms with Crippen molar-refractivity contribution in [1.29, 1.82) is 0 Å². The first-order valence-electron chi connectivity index (χ1n) is 6.61. The summed E-state index contributed by atoms with van der Waals surface area (Å²) in [6.07, 6.45) is 3.45. The Labute approximate surface area is 116 Å². The van der Waals surface area contributed by atoms with Gasteiger partial charge in [-0.3, -0.25) is 0 Å². The zero-order chi connectivity index (χ0) is 14.1. The Kier molecular flexibility index (Phi) is 7.29. The summed E-state index contributed by atoms with van der Waals surface area (Å²) in [5.74, 6) is 0. The Morgan fingerprint density at radius 2 is 1.89 bits per heavy atom. The van der Waals surface area contributed by atoms with E-state index in [-0.39, 0.29) is 0 Å². The predicted molar refractivity (Wildman–Crippen MR) is 76.9 cm³/mol. The lowest BCUT2D eigenvalue weighted by atomic mass is 10.1. The Bertz CT molecular complexity index is 438. The molecule has 0 spiro atoms. The van der Waals surface area contributed by atoms with Gasteiger partial charge in [-0.1, -0.05) is 25.5 Å². The van der Waals surface area contributed by atoms with Gasteiger partial charge < -0.3 is 8.85 Å². The lowest BCUT2D eigenvalue weighted by Gasteiger charge is -2.17. The summed E-state index contributed by atoms with van der Waals surface area (Å²) in [5, 5.41) is 1.05. The van der Waals surface area contributed by atoms with E-state index >= 15 is 0 Å². The number of hydrogen-bond donors (Lipinski definition) is 0. The first kappa shape index (κ1) is 15.8. The molecule has 1 aromatic carbocycles. The Morgan fingerprint density at radius 1 is 1.21 bits per heavy atom. The Morgan fingerprint density at radius 3 is 2.42 bits per heavy atom. The molecule has 1 aromatic rings. The lowest BCUT2D eigenvalue weighted by molar-refractivity contribution is 0.225. The van der Waals surface area contributed by atoms with Gasteiger partial charge in [0.2, 0.25) is 6.08 Å². The number of carbonyl (C=O) groups excluding carboxylic acids is 1. The van der Waals surface area contributed by atoms with Crippen LogP contribution in [0.4, 0.5) is 5.69 Å². The fourth-order valence-corrected chi connectivity index (χ4v) is 3.54. The van der Waals surface area contributed by atoms with Crippen molar-refractivity contribution in [3.8, 4) is 0 Å². The standard InChI is InChI=1S/C14H20NO3Si/c1-4-8-12-13(15-11-16)9-7-10-14(12)19(17-5-2)18-6-3/h7,9-10H,4-6,8H2,1-3H3. The van der Waals surface area contributed by atoms with Crippen LogP contribution in [0.3, 0.4) is 0 Å². The number of nitrogens with zero attached hydrogens (tertiary/aromatic N) is 1. The average molecular weight is 278 g/mol. The van der Waals surface area contributed by atoms with E-state index in [9.17, 15) is 4.79 Å². The molecular formula is C14H20NO3Si. The van der Waals surface area contributed by atoms with Crippen molar-refractivity contribution in [1.82, 2.24) is 0 Å². The van der Waals surface area contributed by atoms with Gasteiger partial charge in [0.25, 0.3) is 0 Å². The first-order chi connectivity index (χ1) is 9.28. The SMILES string of the molecule is CCCc1c(N=C=O)cccc1[Si](OCC)OCC. The third-order valence-electron chi connectivity index (χ3n) is 2.59. The molecule has 0 bridgehead atoms. The third-order valence-corrected chi connectivity index (χ3v) is 4.60. The molecule has 0 amide bonds. The van der Waals surface area contributed by atoms with Gasteiger partial charge in [-0.15, -0.1) is 0 Å². The molecule has 0 unspecified atom stereocenters. The molecule has 0 N–H and O–H groups in total. The molecule has 0 saturated carbocycles. The highest BCUT2D eigenvalue weighted by atomic mass is 28.3. The van der Waals surface area contributed by atoms with Gasteiger partial charge in [-0.2, -0.15) is 4.99 Å². The van der Waals surface area contributed by atoms with Gasteiger partial charge in [0.1, 0.15) is 0 Å². The average Bonchev–Trinajstić information content (AvgIpc) is 2.41. The van der Waals surface area contributed by atoms with Crippen molar-refractivity contribution in [2.75, 3.05) is 13.2 Å². The first-order valence-corrected chi connectivity index (χ1v) is 7.92. The van der Waals surface area contributed by atoms with Crippen LogP contribution < -0.4 is 5.19 Å². The largest absolute Gasteiger partial charge is 0.423 e. The van der Waals surface area contributed by atoms with Gasteiger partial charge >= 0.3 is 9.28 Å². The highest BCUT2D eigenvalue weighted by Gasteiger charge is 2.23. The van der Waals surface area contributed by atoms with E-state index in [1.807, 2.05) is 32.0 Å². The minimum Gasteiger partial charge on any atom is -0.390 e. The second-order valence-corrected chi connectivity index (χ2v) is 5.60. The summed E-state index contributed by atoms with van der Waals surface area (Å²) in [6, 6.07) is 5.72. The van der Waals surface area contributed by atoms with Gasteiger partial charge in [0.05, 0.1) is 5.69 Å². The number of rotatable bonds is 8. The number of isocyanates is 1. The zero-order valence-electron chi connectivity index (χ0n) is 11.7. The molecule has 0 aliphatic rings. The molecule has 1 radical (unpaired) electrons. The molecule has 103 valence electrons. The molecule has 0 aliphatic heterocycles. The maximum Gasteiger partial charge on any atom is 0.423 e. The van der Waals surface area contributed by atoms with Gasteiger partial charge in [-0.25, -0.2) is 4.79 Å². The van der Waals surface area contributed by atoms with Crippen LogP contribution >= 0.6 is 0 Å². The Balaban J connectivity index is 3.21. The van der Waals surface area contributed by atoms with Crippen molar-refractivity contribution in [2.24, 2.45) is 4.99 Å².